The van der Waals surface area contributed by atoms with Gasteiger partial charge in [0.05, 0.1) is 21.7 Å². The van der Waals surface area contributed by atoms with E-state index in [9.17, 15) is 9.90 Å². The molecule has 2 rings (SSSR count). The quantitative estimate of drug-likeness (QED) is 0.901. The van der Waals surface area contributed by atoms with Gasteiger partial charge in [-0.2, -0.15) is 0 Å². The van der Waals surface area contributed by atoms with Gasteiger partial charge in [0.25, 0.3) is 5.91 Å². The second-order valence-corrected chi connectivity index (χ2v) is 5.59. The molecule has 5 heteroatoms. The van der Waals surface area contributed by atoms with Gasteiger partial charge in [-0.05, 0) is 36.8 Å². The van der Waals surface area contributed by atoms with Gasteiger partial charge in [-0.3, -0.25) is 4.79 Å². The number of nitrogens with zero attached hydrogens (tertiary/aromatic N) is 1. The lowest BCUT2D eigenvalue weighted by Gasteiger charge is -2.26. The average Bonchev–Trinajstić information content (AvgIpc) is 2.46. The van der Waals surface area contributed by atoms with E-state index in [2.05, 4.69) is 0 Å². The predicted octanol–water partition coefficient (Wildman–Crippen LogP) is 4.53. The monoisotopic (exact) mass is 323 g/mol. The van der Waals surface area contributed by atoms with Gasteiger partial charge in [0.2, 0.25) is 0 Å². The summed E-state index contributed by atoms with van der Waals surface area (Å²) in [5, 5.41) is 9.98. The van der Waals surface area contributed by atoms with E-state index in [1.54, 1.807) is 54.4 Å². The molecule has 0 bridgehead atoms. The summed E-state index contributed by atoms with van der Waals surface area (Å²) >= 11 is 12.1. The third-order valence-corrected chi connectivity index (χ3v) is 4.08. The van der Waals surface area contributed by atoms with Crippen molar-refractivity contribution in [2.45, 2.75) is 13.0 Å². The van der Waals surface area contributed by atoms with E-state index in [1.165, 1.54) is 0 Å². The molecule has 0 saturated carbocycles. The van der Waals surface area contributed by atoms with Gasteiger partial charge in [-0.25, -0.2) is 0 Å². The van der Waals surface area contributed by atoms with Crippen LogP contribution in [0.5, 0.6) is 5.75 Å². The standard InChI is InChI=1S/C16H15Cl2NO2/c1-10(11-6-8-12(20)9-7-11)19(2)16(21)15-13(17)4-3-5-14(15)18/h3-10,20H,1-2H3. The van der Waals surface area contributed by atoms with Gasteiger partial charge in [0, 0.05) is 7.05 Å². The van der Waals surface area contributed by atoms with Gasteiger partial charge >= 0.3 is 0 Å². The molecule has 0 heterocycles. The van der Waals surface area contributed by atoms with Crippen molar-refractivity contribution < 1.29 is 9.90 Å². The summed E-state index contributed by atoms with van der Waals surface area (Å²) in [6, 6.07) is 11.5. The first-order valence-electron chi connectivity index (χ1n) is 6.42. The molecule has 21 heavy (non-hydrogen) atoms. The van der Waals surface area contributed by atoms with Crippen molar-refractivity contribution in [1.82, 2.24) is 4.90 Å². The molecule has 1 N–H and O–H groups in total. The van der Waals surface area contributed by atoms with Crippen LogP contribution < -0.4 is 0 Å². The largest absolute Gasteiger partial charge is 0.508 e. The van der Waals surface area contributed by atoms with Crippen molar-refractivity contribution in [2.75, 3.05) is 7.05 Å². The van der Waals surface area contributed by atoms with Crippen LogP contribution in [-0.4, -0.2) is 23.0 Å². The summed E-state index contributed by atoms with van der Waals surface area (Å²) in [6.07, 6.45) is 0. The van der Waals surface area contributed by atoms with Gasteiger partial charge in [0.15, 0.2) is 0 Å². The van der Waals surface area contributed by atoms with Crippen molar-refractivity contribution in [3.8, 4) is 5.75 Å². The predicted molar refractivity (Wildman–Crippen MR) is 85.1 cm³/mol. The fourth-order valence-electron chi connectivity index (χ4n) is 2.03. The fraction of sp³-hybridized carbons (Fsp3) is 0.188. The van der Waals surface area contributed by atoms with E-state index >= 15 is 0 Å². The third kappa shape index (κ3) is 3.31. The second kappa shape index (κ2) is 6.37. The SMILES string of the molecule is CC(c1ccc(O)cc1)N(C)C(=O)c1c(Cl)cccc1Cl. The zero-order valence-electron chi connectivity index (χ0n) is 11.7. The molecule has 0 aromatic heterocycles. The number of phenols is 1. The van der Waals surface area contributed by atoms with Crippen LogP contribution in [-0.2, 0) is 0 Å². The molecule has 0 saturated heterocycles. The fourth-order valence-corrected chi connectivity index (χ4v) is 2.59. The molecule has 0 aliphatic carbocycles. The Kier molecular flexibility index (Phi) is 4.76. The maximum Gasteiger partial charge on any atom is 0.257 e. The van der Waals surface area contributed by atoms with Gasteiger partial charge in [-0.1, -0.05) is 41.4 Å². The number of amides is 1. The molecule has 0 fully saturated rings. The highest BCUT2D eigenvalue weighted by Crippen LogP contribution is 2.29. The number of phenolic OH excluding ortho intramolecular Hbond substituents is 1. The van der Waals surface area contributed by atoms with Gasteiger partial charge in [-0.15, -0.1) is 0 Å². The second-order valence-electron chi connectivity index (χ2n) is 4.78. The Morgan fingerprint density at radius 2 is 1.62 bits per heavy atom. The highest BCUT2D eigenvalue weighted by atomic mass is 35.5. The molecule has 0 spiro atoms. The maximum absolute atomic E-state index is 12.6. The lowest BCUT2D eigenvalue weighted by molar-refractivity contribution is 0.0743. The van der Waals surface area contributed by atoms with E-state index in [1.807, 2.05) is 6.92 Å². The summed E-state index contributed by atoms with van der Waals surface area (Å²) < 4.78 is 0. The highest BCUT2D eigenvalue weighted by Gasteiger charge is 2.23. The van der Waals surface area contributed by atoms with Crippen LogP contribution >= 0.6 is 23.2 Å². The van der Waals surface area contributed by atoms with Crippen molar-refractivity contribution >= 4 is 29.1 Å². The van der Waals surface area contributed by atoms with Crippen LogP contribution in [0.25, 0.3) is 0 Å². The van der Waals surface area contributed by atoms with E-state index in [-0.39, 0.29) is 17.7 Å². The minimum Gasteiger partial charge on any atom is -0.508 e. The molecule has 1 amide bonds. The number of benzene rings is 2. The third-order valence-electron chi connectivity index (χ3n) is 3.45. The Labute approximate surface area is 133 Å². The lowest BCUT2D eigenvalue weighted by Crippen LogP contribution is -2.30. The van der Waals surface area contributed by atoms with E-state index in [4.69, 9.17) is 23.2 Å². The molecule has 0 radical (unpaired) electrons. The van der Waals surface area contributed by atoms with Crippen LogP contribution in [0.3, 0.4) is 0 Å². The lowest BCUT2D eigenvalue weighted by atomic mass is 10.1. The normalized spacial score (nSPS) is 12.0. The smallest absolute Gasteiger partial charge is 0.257 e. The zero-order chi connectivity index (χ0) is 15.6. The maximum atomic E-state index is 12.6. The number of aromatic hydroxyl groups is 1. The Balaban J connectivity index is 2.28. The highest BCUT2D eigenvalue weighted by molar-refractivity contribution is 6.39. The molecule has 1 unspecified atom stereocenters. The Morgan fingerprint density at radius 1 is 1.10 bits per heavy atom. The summed E-state index contributed by atoms with van der Waals surface area (Å²) in [6.45, 7) is 1.90. The number of hydrogen-bond donors (Lipinski definition) is 1. The molecule has 2 aromatic rings. The van der Waals surface area contributed by atoms with Crippen molar-refractivity contribution in [2.24, 2.45) is 0 Å². The Hall–Kier alpha value is -1.71. The number of rotatable bonds is 3. The average molecular weight is 324 g/mol. The molecule has 110 valence electrons. The van der Waals surface area contributed by atoms with Crippen molar-refractivity contribution in [1.29, 1.82) is 0 Å². The van der Waals surface area contributed by atoms with Crippen LogP contribution in [0.4, 0.5) is 0 Å². The van der Waals surface area contributed by atoms with Gasteiger partial charge in [0.1, 0.15) is 5.75 Å². The molecule has 2 aromatic carbocycles. The summed E-state index contributed by atoms with van der Waals surface area (Å²) in [7, 11) is 1.69. The first kappa shape index (κ1) is 15.7. The van der Waals surface area contributed by atoms with Gasteiger partial charge < -0.3 is 10.0 Å². The first-order chi connectivity index (χ1) is 9.91. The van der Waals surface area contributed by atoms with Crippen LogP contribution in [0.2, 0.25) is 10.0 Å². The minimum atomic E-state index is -0.244. The zero-order valence-corrected chi connectivity index (χ0v) is 13.2. The summed E-state index contributed by atoms with van der Waals surface area (Å²) in [5.41, 5.74) is 1.21. The topological polar surface area (TPSA) is 40.5 Å². The van der Waals surface area contributed by atoms with Crippen molar-refractivity contribution in [3.05, 3.63) is 63.6 Å². The number of hydrogen-bond acceptors (Lipinski definition) is 2. The molecule has 1 atom stereocenters. The van der Waals surface area contributed by atoms with E-state index in [0.717, 1.165) is 5.56 Å². The van der Waals surface area contributed by atoms with E-state index in [0.29, 0.717) is 15.6 Å². The summed E-state index contributed by atoms with van der Waals surface area (Å²) in [5.74, 6) is -0.0553. The molecule has 3 nitrogen and oxygen atoms in total. The molecular formula is C16H15Cl2NO2. The Morgan fingerprint density at radius 3 is 2.14 bits per heavy atom. The van der Waals surface area contributed by atoms with Crippen molar-refractivity contribution in [3.63, 3.8) is 0 Å². The number of carbonyl (C=O) groups is 1. The molecule has 0 aliphatic heterocycles. The van der Waals surface area contributed by atoms with Crippen LogP contribution in [0, 0.1) is 0 Å². The first-order valence-corrected chi connectivity index (χ1v) is 7.17. The molecule has 0 aliphatic rings. The summed E-state index contributed by atoms with van der Waals surface area (Å²) in [4.78, 5) is 14.1. The number of halogens is 2. The van der Waals surface area contributed by atoms with E-state index < -0.39 is 0 Å². The number of carbonyl (C=O) groups excluding carboxylic acids is 1. The Bertz CT molecular complexity index is 636. The molecular weight excluding hydrogens is 309 g/mol. The minimum absolute atomic E-state index is 0.176. The van der Waals surface area contributed by atoms with Crippen LogP contribution in [0.15, 0.2) is 42.5 Å². The van der Waals surface area contributed by atoms with Crippen LogP contribution in [0.1, 0.15) is 28.9 Å².